The average Bonchev–Trinajstić information content (AvgIpc) is 2.55. The third-order valence-corrected chi connectivity index (χ3v) is 4.75. The Labute approximate surface area is 139 Å². The Bertz CT molecular complexity index is 708. The molecule has 0 aliphatic rings. The standard InChI is InChI=1S/C18H15ClO2S/c1-3-13-18(17(20)21-2,15-11-7-8-12-16(15)19)22-14-9-5-4-6-10-14/h4-13H,1H2,2H3. The van der Waals surface area contributed by atoms with E-state index in [2.05, 4.69) is 12.3 Å². The summed E-state index contributed by atoms with van der Waals surface area (Å²) >= 11 is 7.67. The minimum absolute atomic E-state index is 0.425. The molecule has 0 amide bonds. The van der Waals surface area contributed by atoms with Crippen LogP contribution in [0.4, 0.5) is 0 Å². The third kappa shape index (κ3) is 3.28. The molecule has 2 rings (SSSR count). The van der Waals surface area contributed by atoms with Crippen LogP contribution in [0.25, 0.3) is 0 Å². The number of thioether (sulfide) groups is 1. The SMILES string of the molecule is C=C=CC(Sc1ccccc1)(C(=O)OC)c1ccccc1Cl. The Hall–Kier alpha value is -1.93. The van der Waals surface area contributed by atoms with Crippen LogP contribution in [0.3, 0.4) is 0 Å². The topological polar surface area (TPSA) is 26.3 Å². The van der Waals surface area contributed by atoms with Crippen LogP contribution in [0.2, 0.25) is 5.02 Å². The monoisotopic (exact) mass is 330 g/mol. The van der Waals surface area contributed by atoms with Crippen LogP contribution in [0.15, 0.2) is 77.9 Å². The molecule has 0 saturated heterocycles. The highest BCUT2D eigenvalue weighted by molar-refractivity contribution is 8.01. The summed E-state index contributed by atoms with van der Waals surface area (Å²) in [6, 6.07) is 16.8. The molecule has 112 valence electrons. The van der Waals surface area contributed by atoms with Gasteiger partial charge in [-0.25, -0.2) is 4.79 Å². The fourth-order valence-electron chi connectivity index (χ4n) is 2.10. The van der Waals surface area contributed by atoms with Crippen molar-refractivity contribution in [2.24, 2.45) is 0 Å². The lowest BCUT2D eigenvalue weighted by atomic mass is 9.98. The zero-order valence-electron chi connectivity index (χ0n) is 12.1. The number of carbonyl (C=O) groups is 1. The predicted octanol–water partition coefficient (Wildman–Crippen LogP) is 4.84. The minimum atomic E-state index is -1.13. The fraction of sp³-hybridized carbons (Fsp3) is 0.111. The molecule has 0 N–H and O–H groups in total. The second-order valence-electron chi connectivity index (χ2n) is 4.47. The van der Waals surface area contributed by atoms with Crippen LogP contribution < -0.4 is 0 Å². The second-order valence-corrected chi connectivity index (χ2v) is 6.20. The van der Waals surface area contributed by atoms with Gasteiger partial charge >= 0.3 is 5.97 Å². The van der Waals surface area contributed by atoms with E-state index in [-0.39, 0.29) is 0 Å². The van der Waals surface area contributed by atoms with Gasteiger partial charge in [0.1, 0.15) is 0 Å². The zero-order chi connectivity index (χ0) is 16.0. The van der Waals surface area contributed by atoms with E-state index in [0.29, 0.717) is 10.6 Å². The van der Waals surface area contributed by atoms with Gasteiger partial charge in [-0.05, 0) is 24.3 Å². The normalized spacial score (nSPS) is 12.8. The van der Waals surface area contributed by atoms with Crippen LogP contribution in [0.5, 0.6) is 0 Å². The molecule has 22 heavy (non-hydrogen) atoms. The van der Waals surface area contributed by atoms with Crippen LogP contribution in [-0.2, 0) is 14.3 Å². The van der Waals surface area contributed by atoms with Crippen molar-refractivity contribution in [2.45, 2.75) is 9.64 Å². The molecule has 2 aromatic carbocycles. The molecule has 0 aliphatic carbocycles. The molecule has 1 atom stereocenters. The first-order chi connectivity index (χ1) is 10.6. The van der Waals surface area contributed by atoms with Crippen molar-refractivity contribution < 1.29 is 9.53 Å². The Morgan fingerprint density at radius 1 is 1.23 bits per heavy atom. The van der Waals surface area contributed by atoms with Crippen LogP contribution in [-0.4, -0.2) is 13.1 Å². The summed E-state index contributed by atoms with van der Waals surface area (Å²) in [5.74, 6) is -0.425. The summed E-state index contributed by atoms with van der Waals surface area (Å²) in [4.78, 5) is 13.5. The van der Waals surface area contributed by atoms with Crippen molar-refractivity contribution >= 4 is 29.3 Å². The van der Waals surface area contributed by atoms with Crippen LogP contribution in [0.1, 0.15) is 5.56 Å². The van der Waals surface area contributed by atoms with Gasteiger partial charge < -0.3 is 4.74 Å². The molecular weight excluding hydrogens is 316 g/mol. The summed E-state index contributed by atoms with van der Waals surface area (Å²) in [6.45, 7) is 3.61. The highest BCUT2D eigenvalue weighted by atomic mass is 35.5. The fourth-order valence-corrected chi connectivity index (χ4v) is 3.71. The Morgan fingerprint density at radius 2 is 1.86 bits per heavy atom. The van der Waals surface area contributed by atoms with Crippen molar-refractivity contribution in [3.05, 3.63) is 83.6 Å². The molecule has 0 bridgehead atoms. The number of ether oxygens (including phenoxy) is 1. The van der Waals surface area contributed by atoms with Crippen LogP contribution >= 0.6 is 23.4 Å². The first-order valence-corrected chi connectivity index (χ1v) is 7.78. The second kappa shape index (κ2) is 7.37. The smallest absolute Gasteiger partial charge is 0.331 e. The molecule has 1 unspecified atom stereocenters. The van der Waals surface area contributed by atoms with E-state index in [1.54, 1.807) is 12.1 Å². The van der Waals surface area contributed by atoms with Crippen molar-refractivity contribution in [3.63, 3.8) is 0 Å². The van der Waals surface area contributed by atoms with E-state index >= 15 is 0 Å². The van der Waals surface area contributed by atoms with E-state index in [0.717, 1.165) is 4.90 Å². The Balaban J connectivity index is 2.64. The van der Waals surface area contributed by atoms with Crippen molar-refractivity contribution in [3.8, 4) is 0 Å². The average molecular weight is 331 g/mol. The van der Waals surface area contributed by atoms with E-state index in [4.69, 9.17) is 16.3 Å². The molecular formula is C18H15ClO2S. The maximum Gasteiger partial charge on any atom is 0.331 e. The molecule has 0 fully saturated rings. The van der Waals surface area contributed by atoms with Gasteiger partial charge in [-0.15, -0.1) is 5.73 Å². The number of methoxy groups -OCH3 is 1. The number of esters is 1. The largest absolute Gasteiger partial charge is 0.467 e. The van der Waals surface area contributed by atoms with E-state index in [9.17, 15) is 4.79 Å². The summed E-state index contributed by atoms with van der Waals surface area (Å²) in [5, 5.41) is 0.489. The summed E-state index contributed by atoms with van der Waals surface area (Å²) < 4.78 is 3.90. The van der Waals surface area contributed by atoms with Crippen molar-refractivity contribution in [2.75, 3.05) is 7.11 Å². The van der Waals surface area contributed by atoms with Crippen LogP contribution in [0, 0.1) is 0 Å². The van der Waals surface area contributed by atoms with Gasteiger partial charge in [0, 0.05) is 15.5 Å². The van der Waals surface area contributed by atoms with Gasteiger partial charge in [0.2, 0.25) is 0 Å². The number of rotatable bonds is 5. The van der Waals surface area contributed by atoms with Crippen molar-refractivity contribution in [1.29, 1.82) is 0 Å². The van der Waals surface area contributed by atoms with E-state index < -0.39 is 10.7 Å². The lowest BCUT2D eigenvalue weighted by molar-refractivity contribution is -0.142. The number of benzene rings is 2. The Morgan fingerprint density at radius 3 is 2.45 bits per heavy atom. The van der Waals surface area contributed by atoms with Gasteiger partial charge in [-0.3, -0.25) is 0 Å². The Kier molecular flexibility index (Phi) is 5.51. The molecule has 0 spiro atoms. The lowest BCUT2D eigenvalue weighted by Crippen LogP contribution is -2.31. The molecule has 0 radical (unpaired) electrons. The quantitative estimate of drug-likeness (QED) is 0.445. The zero-order valence-corrected chi connectivity index (χ0v) is 13.7. The van der Waals surface area contributed by atoms with E-state index in [1.807, 2.05) is 48.5 Å². The van der Waals surface area contributed by atoms with Gasteiger partial charge in [-0.1, -0.05) is 66.3 Å². The predicted molar refractivity (Wildman–Crippen MR) is 91.2 cm³/mol. The molecule has 2 aromatic rings. The highest BCUT2D eigenvalue weighted by Crippen LogP contribution is 2.46. The van der Waals surface area contributed by atoms with Crippen molar-refractivity contribution in [1.82, 2.24) is 0 Å². The maximum atomic E-state index is 12.6. The number of halogens is 1. The first kappa shape index (κ1) is 16.4. The minimum Gasteiger partial charge on any atom is -0.467 e. The summed E-state index contributed by atoms with van der Waals surface area (Å²) in [6.07, 6.45) is 1.59. The molecule has 2 nitrogen and oxygen atoms in total. The molecule has 4 heteroatoms. The summed E-state index contributed by atoms with van der Waals surface area (Å²) in [5.41, 5.74) is 3.36. The molecule has 0 aromatic heterocycles. The highest BCUT2D eigenvalue weighted by Gasteiger charge is 2.42. The van der Waals surface area contributed by atoms with E-state index in [1.165, 1.54) is 18.9 Å². The molecule has 0 saturated carbocycles. The van der Waals surface area contributed by atoms with Gasteiger partial charge in [-0.2, -0.15) is 0 Å². The number of carbonyl (C=O) groups excluding carboxylic acids is 1. The molecule has 0 aliphatic heterocycles. The third-order valence-electron chi connectivity index (χ3n) is 3.09. The van der Waals surface area contributed by atoms with Gasteiger partial charge in [0.05, 0.1) is 7.11 Å². The maximum absolute atomic E-state index is 12.6. The number of hydrogen-bond donors (Lipinski definition) is 0. The lowest BCUT2D eigenvalue weighted by Gasteiger charge is -2.28. The first-order valence-electron chi connectivity index (χ1n) is 6.58. The number of hydrogen-bond acceptors (Lipinski definition) is 3. The summed E-state index contributed by atoms with van der Waals surface area (Å²) in [7, 11) is 1.36. The van der Waals surface area contributed by atoms with Gasteiger partial charge in [0.15, 0.2) is 4.75 Å². The van der Waals surface area contributed by atoms with Gasteiger partial charge in [0.25, 0.3) is 0 Å². The molecule has 0 heterocycles.